The van der Waals surface area contributed by atoms with Crippen molar-refractivity contribution in [2.24, 2.45) is 5.73 Å². The van der Waals surface area contributed by atoms with Gasteiger partial charge in [0.2, 0.25) is 11.8 Å². The highest BCUT2D eigenvalue weighted by atomic mass is 32.2. The van der Waals surface area contributed by atoms with E-state index < -0.39 is 6.03 Å². The van der Waals surface area contributed by atoms with E-state index >= 15 is 0 Å². The summed E-state index contributed by atoms with van der Waals surface area (Å²) >= 11 is 1.44. The standard InChI is InChI=1S/C22H28N4O3S/c1-14-11-15(2)21(16(3)12-14)25-20(28)13-26(4)22(29)24-17-7-5-6-8-18(17)30-10-9-19(23)27/h5-8,11-12H,9-10,13H2,1-4H3,(H2,23,27)(H,24,29)(H,25,28). The van der Waals surface area contributed by atoms with E-state index in [1.807, 2.05) is 51.1 Å². The zero-order valence-electron chi connectivity index (χ0n) is 17.7. The Bertz CT molecular complexity index is 923. The van der Waals surface area contributed by atoms with Crippen LogP contribution in [0, 0.1) is 20.8 Å². The Balaban J connectivity index is 1.97. The second kappa shape index (κ2) is 10.7. The fraction of sp³-hybridized carbons (Fsp3) is 0.318. The van der Waals surface area contributed by atoms with Gasteiger partial charge in [-0.2, -0.15) is 0 Å². The van der Waals surface area contributed by atoms with Crippen LogP contribution in [0.25, 0.3) is 0 Å². The van der Waals surface area contributed by atoms with Crippen LogP contribution in [-0.4, -0.2) is 42.1 Å². The average Bonchev–Trinajstić information content (AvgIpc) is 2.65. The molecule has 0 heterocycles. The number of likely N-dealkylation sites (N-methyl/N-ethyl adjacent to an activating group) is 1. The Morgan fingerprint density at radius 2 is 1.67 bits per heavy atom. The van der Waals surface area contributed by atoms with Crippen LogP contribution in [0.5, 0.6) is 0 Å². The number of nitrogens with zero attached hydrogens (tertiary/aromatic N) is 1. The Kier molecular flexibility index (Phi) is 8.29. The normalized spacial score (nSPS) is 10.4. The molecule has 160 valence electrons. The number of carbonyl (C=O) groups excluding carboxylic acids is 3. The SMILES string of the molecule is Cc1cc(C)c(NC(=O)CN(C)C(=O)Nc2ccccc2SCCC(N)=O)c(C)c1. The van der Waals surface area contributed by atoms with Crippen LogP contribution >= 0.6 is 11.8 Å². The van der Waals surface area contributed by atoms with Gasteiger partial charge in [-0.25, -0.2) is 4.79 Å². The molecule has 0 aromatic heterocycles. The molecule has 0 spiro atoms. The molecule has 7 nitrogen and oxygen atoms in total. The number of thioether (sulfide) groups is 1. The van der Waals surface area contributed by atoms with Crippen molar-refractivity contribution in [3.05, 3.63) is 53.1 Å². The Labute approximate surface area is 181 Å². The smallest absolute Gasteiger partial charge is 0.322 e. The molecule has 2 aromatic rings. The second-order valence-corrected chi connectivity index (χ2v) is 8.31. The molecule has 0 bridgehead atoms. The van der Waals surface area contributed by atoms with Crippen LogP contribution in [0.3, 0.4) is 0 Å². The number of anilines is 2. The maximum atomic E-state index is 12.6. The molecule has 0 aliphatic rings. The summed E-state index contributed by atoms with van der Waals surface area (Å²) in [5, 5.41) is 5.71. The largest absolute Gasteiger partial charge is 0.370 e. The lowest BCUT2D eigenvalue weighted by Gasteiger charge is -2.20. The minimum absolute atomic E-state index is 0.0877. The number of hydrogen-bond donors (Lipinski definition) is 3. The molecule has 2 aromatic carbocycles. The van der Waals surface area contributed by atoms with Gasteiger partial charge in [-0.3, -0.25) is 9.59 Å². The van der Waals surface area contributed by atoms with Gasteiger partial charge < -0.3 is 21.3 Å². The molecule has 0 atom stereocenters. The third-order valence-corrected chi connectivity index (χ3v) is 5.48. The number of rotatable bonds is 8. The molecule has 2 rings (SSSR count). The summed E-state index contributed by atoms with van der Waals surface area (Å²) in [5.41, 5.74) is 9.66. The third kappa shape index (κ3) is 6.81. The first kappa shape index (κ1) is 23.3. The first-order valence-corrected chi connectivity index (χ1v) is 10.6. The molecule has 0 aliphatic heterocycles. The Morgan fingerprint density at radius 3 is 2.30 bits per heavy atom. The van der Waals surface area contributed by atoms with Crippen molar-refractivity contribution in [2.45, 2.75) is 32.1 Å². The quantitative estimate of drug-likeness (QED) is 0.558. The lowest BCUT2D eigenvalue weighted by atomic mass is 10.1. The fourth-order valence-electron chi connectivity index (χ4n) is 3.01. The summed E-state index contributed by atoms with van der Waals surface area (Å²) in [7, 11) is 1.56. The molecule has 0 radical (unpaired) electrons. The molecular formula is C22H28N4O3S. The summed E-state index contributed by atoms with van der Waals surface area (Å²) in [4.78, 5) is 38.1. The lowest BCUT2D eigenvalue weighted by Crippen LogP contribution is -2.38. The molecule has 0 fully saturated rings. The number of urea groups is 1. The van der Waals surface area contributed by atoms with Gasteiger partial charge >= 0.3 is 6.03 Å². The van der Waals surface area contributed by atoms with E-state index in [2.05, 4.69) is 10.6 Å². The van der Waals surface area contributed by atoms with E-state index in [0.717, 1.165) is 27.3 Å². The van der Waals surface area contributed by atoms with E-state index in [1.165, 1.54) is 16.7 Å². The fourth-order valence-corrected chi connectivity index (χ4v) is 3.98. The van der Waals surface area contributed by atoms with Crippen molar-refractivity contribution in [2.75, 3.05) is 30.0 Å². The Morgan fingerprint density at radius 1 is 1.03 bits per heavy atom. The zero-order valence-corrected chi connectivity index (χ0v) is 18.6. The second-order valence-electron chi connectivity index (χ2n) is 7.17. The molecule has 4 amide bonds. The van der Waals surface area contributed by atoms with Crippen molar-refractivity contribution in [3.8, 4) is 0 Å². The van der Waals surface area contributed by atoms with E-state index in [9.17, 15) is 14.4 Å². The lowest BCUT2D eigenvalue weighted by molar-refractivity contribution is -0.118. The monoisotopic (exact) mass is 428 g/mol. The van der Waals surface area contributed by atoms with E-state index in [-0.39, 0.29) is 24.8 Å². The summed E-state index contributed by atoms with van der Waals surface area (Å²) < 4.78 is 0. The van der Waals surface area contributed by atoms with Crippen molar-refractivity contribution in [1.82, 2.24) is 4.90 Å². The highest BCUT2D eigenvalue weighted by molar-refractivity contribution is 7.99. The van der Waals surface area contributed by atoms with Gasteiger partial charge in [0.1, 0.15) is 6.54 Å². The molecule has 30 heavy (non-hydrogen) atoms. The van der Waals surface area contributed by atoms with Crippen molar-refractivity contribution in [1.29, 1.82) is 0 Å². The van der Waals surface area contributed by atoms with Crippen LogP contribution in [0.1, 0.15) is 23.1 Å². The number of benzene rings is 2. The number of carbonyl (C=O) groups is 3. The van der Waals surface area contributed by atoms with E-state index in [0.29, 0.717) is 11.4 Å². The minimum Gasteiger partial charge on any atom is -0.370 e. The highest BCUT2D eigenvalue weighted by Crippen LogP contribution is 2.27. The maximum absolute atomic E-state index is 12.6. The summed E-state index contributed by atoms with van der Waals surface area (Å²) in [6.07, 6.45) is 0.255. The topological polar surface area (TPSA) is 105 Å². The van der Waals surface area contributed by atoms with Crippen LogP contribution in [0.4, 0.5) is 16.2 Å². The number of hydrogen-bond acceptors (Lipinski definition) is 4. The number of para-hydroxylation sites is 1. The van der Waals surface area contributed by atoms with Gasteiger partial charge in [0, 0.05) is 29.8 Å². The number of nitrogens with one attached hydrogen (secondary N) is 2. The summed E-state index contributed by atoms with van der Waals surface area (Å²) in [5.74, 6) is -0.115. The van der Waals surface area contributed by atoms with Crippen LogP contribution in [0.15, 0.2) is 41.3 Å². The predicted molar refractivity (Wildman–Crippen MR) is 122 cm³/mol. The van der Waals surface area contributed by atoms with Gasteiger partial charge in [-0.1, -0.05) is 29.8 Å². The molecule has 0 aliphatic carbocycles. The van der Waals surface area contributed by atoms with Gasteiger partial charge in [0.15, 0.2) is 0 Å². The predicted octanol–water partition coefficient (Wildman–Crippen LogP) is 3.68. The van der Waals surface area contributed by atoms with Crippen molar-refractivity contribution >= 4 is 41.0 Å². The van der Waals surface area contributed by atoms with E-state index in [1.54, 1.807) is 13.1 Å². The van der Waals surface area contributed by atoms with Gasteiger partial charge in [0.25, 0.3) is 0 Å². The van der Waals surface area contributed by atoms with Crippen LogP contribution in [-0.2, 0) is 9.59 Å². The molecule has 0 saturated carbocycles. The number of aryl methyl sites for hydroxylation is 3. The van der Waals surface area contributed by atoms with Crippen molar-refractivity contribution in [3.63, 3.8) is 0 Å². The van der Waals surface area contributed by atoms with Gasteiger partial charge in [0.05, 0.1) is 5.69 Å². The first-order valence-electron chi connectivity index (χ1n) is 9.57. The zero-order chi connectivity index (χ0) is 22.3. The molecule has 0 unspecified atom stereocenters. The number of primary amides is 1. The molecular weight excluding hydrogens is 400 g/mol. The average molecular weight is 429 g/mol. The number of amides is 4. The molecule has 8 heteroatoms. The van der Waals surface area contributed by atoms with Crippen LogP contribution < -0.4 is 16.4 Å². The maximum Gasteiger partial charge on any atom is 0.322 e. The highest BCUT2D eigenvalue weighted by Gasteiger charge is 2.16. The van der Waals surface area contributed by atoms with Crippen molar-refractivity contribution < 1.29 is 14.4 Å². The first-order chi connectivity index (χ1) is 14.2. The van der Waals surface area contributed by atoms with E-state index in [4.69, 9.17) is 5.73 Å². The summed E-state index contributed by atoms with van der Waals surface area (Å²) in [6, 6.07) is 10.9. The molecule has 0 saturated heterocycles. The minimum atomic E-state index is -0.398. The van der Waals surface area contributed by atoms with Gasteiger partial charge in [-0.15, -0.1) is 11.8 Å². The molecule has 4 N–H and O–H groups in total. The third-order valence-electron chi connectivity index (χ3n) is 4.40. The Hall–Kier alpha value is -3.00. The number of nitrogens with two attached hydrogens (primary N) is 1. The van der Waals surface area contributed by atoms with Crippen LogP contribution in [0.2, 0.25) is 0 Å². The van der Waals surface area contributed by atoms with Gasteiger partial charge in [-0.05, 0) is 44.0 Å². The summed E-state index contributed by atoms with van der Waals surface area (Å²) in [6.45, 7) is 5.81.